The summed E-state index contributed by atoms with van der Waals surface area (Å²) in [5.74, 6) is -0.120. The van der Waals surface area contributed by atoms with Gasteiger partial charge in [0.15, 0.2) is 0 Å². The Morgan fingerprint density at radius 2 is 1.71 bits per heavy atom. The molecule has 24 heavy (non-hydrogen) atoms. The topological polar surface area (TPSA) is 64.3 Å². The van der Waals surface area contributed by atoms with Gasteiger partial charge in [0.1, 0.15) is 11.7 Å². The Bertz CT molecular complexity index is 1100. The van der Waals surface area contributed by atoms with Gasteiger partial charge in [-0.05, 0) is 19.1 Å². The van der Waals surface area contributed by atoms with Crippen LogP contribution in [0.1, 0.15) is 20.1 Å². The minimum atomic E-state index is -0.711. The molecule has 0 saturated heterocycles. The average molecular weight is 320 g/mol. The molecule has 0 aliphatic heterocycles. The average Bonchev–Trinajstić information content (AvgIpc) is 2.89. The number of hydrogen-bond donors (Lipinski definition) is 1. The Hall–Kier alpha value is -2.92. The summed E-state index contributed by atoms with van der Waals surface area (Å²) in [6.07, 6.45) is -0.711. The molecule has 0 saturated carbocycles. The third-order valence-corrected chi connectivity index (χ3v) is 4.12. The molecule has 1 atom stereocenters. The van der Waals surface area contributed by atoms with Crippen LogP contribution >= 0.6 is 0 Å². The minimum absolute atomic E-state index is 0.291. The van der Waals surface area contributed by atoms with Crippen LogP contribution in [0.2, 0.25) is 0 Å². The standard InChI is InChI=1S/C19H16N2O3/c1-11(22)21-16-10-6-5-9-15(16)17-18(21)13-7-3-4-8-14(13)19(20-17)24-12(2)23/h3-11,22H,1-2H3. The van der Waals surface area contributed by atoms with Crippen molar-refractivity contribution in [3.8, 4) is 5.88 Å². The molecule has 1 N–H and O–H groups in total. The normalized spacial score (nSPS) is 12.8. The summed E-state index contributed by atoms with van der Waals surface area (Å²) in [5.41, 5.74) is 2.43. The number of nitrogens with zero attached hydrogens (tertiary/aromatic N) is 2. The summed E-state index contributed by atoms with van der Waals surface area (Å²) in [6, 6.07) is 15.4. The lowest BCUT2D eigenvalue weighted by atomic mass is 10.1. The zero-order chi connectivity index (χ0) is 16.8. The Kier molecular flexibility index (Phi) is 3.25. The van der Waals surface area contributed by atoms with Crippen molar-refractivity contribution in [2.24, 2.45) is 0 Å². The fourth-order valence-corrected chi connectivity index (χ4v) is 3.26. The van der Waals surface area contributed by atoms with Gasteiger partial charge in [-0.2, -0.15) is 0 Å². The highest BCUT2D eigenvalue weighted by atomic mass is 16.5. The second-order valence-electron chi connectivity index (χ2n) is 5.77. The van der Waals surface area contributed by atoms with Crippen LogP contribution in [0, 0.1) is 0 Å². The maximum Gasteiger partial charge on any atom is 0.309 e. The van der Waals surface area contributed by atoms with Crippen LogP contribution in [0.5, 0.6) is 5.88 Å². The van der Waals surface area contributed by atoms with Crippen molar-refractivity contribution < 1.29 is 14.6 Å². The molecule has 0 amide bonds. The SMILES string of the molecule is CC(=O)Oc1nc2c3ccccc3n(C(C)O)c2c2ccccc12. The van der Waals surface area contributed by atoms with Crippen molar-refractivity contribution in [3.63, 3.8) is 0 Å². The lowest BCUT2D eigenvalue weighted by Gasteiger charge is -2.13. The predicted octanol–water partition coefficient (Wildman–Crippen LogP) is 3.78. The van der Waals surface area contributed by atoms with E-state index in [0.29, 0.717) is 11.4 Å². The molecule has 2 aromatic carbocycles. The first-order valence-electron chi connectivity index (χ1n) is 7.76. The van der Waals surface area contributed by atoms with Crippen LogP contribution in [0.4, 0.5) is 0 Å². The van der Waals surface area contributed by atoms with Crippen LogP contribution in [0.25, 0.3) is 32.7 Å². The number of benzene rings is 2. The fourth-order valence-electron chi connectivity index (χ4n) is 3.26. The first-order chi connectivity index (χ1) is 11.6. The molecule has 2 aromatic heterocycles. The molecule has 0 fully saturated rings. The van der Waals surface area contributed by atoms with Crippen molar-refractivity contribution in [3.05, 3.63) is 48.5 Å². The van der Waals surface area contributed by atoms with Crippen molar-refractivity contribution in [2.45, 2.75) is 20.1 Å². The molecule has 1 unspecified atom stereocenters. The lowest BCUT2D eigenvalue weighted by molar-refractivity contribution is -0.132. The zero-order valence-corrected chi connectivity index (χ0v) is 13.4. The summed E-state index contributed by atoms with van der Waals surface area (Å²) in [6.45, 7) is 3.08. The Morgan fingerprint density at radius 1 is 1.08 bits per heavy atom. The highest BCUT2D eigenvalue weighted by molar-refractivity contribution is 6.17. The van der Waals surface area contributed by atoms with E-state index in [1.807, 2.05) is 53.1 Å². The van der Waals surface area contributed by atoms with E-state index >= 15 is 0 Å². The Labute approximate surface area is 138 Å². The van der Waals surface area contributed by atoms with E-state index in [1.165, 1.54) is 6.92 Å². The van der Waals surface area contributed by atoms with E-state index in [2.05, 4.69) is 4.98 Å². The Balaban J connectivity index is 2.27. The van der Waals surface area contributed by atoms with Crippen LogP contribution in [-0.2, 0) is 4.79 Å². The first-order valence-corrected chi connectivity index (χ1v) is 7.76. The number of rotatable bonds is 2. The van der Waals surface area contributed by atoms with E-state index in [-0.39, 0.29) is 0 Å². The van der Waals surface area contributed by atoms with Gasteiger partial charge < -0.3 is 14.4 Å². The number of aromatic nitrogens is 2. The van der Waals surface area contributed by atoms with Gasteiger partial charge in [0, 0.05) is 23.1 Å². The minimum Gasteiger partial charge on any atom is -0.407 e. The van der Waals surface area contributed by atoms with Crippen LogP contribution in [0.3, 0.4) is 0 Å². The number of para-hydroxylation sites is 1. The Morgan fingerprint density at radius 3 is 2.38 bits per heavy atom. The van der Waals surface area contributed by atoms with Gasteiger partial charge in [-0.3, -0.25) is 4.79 Å². The molecule has 0 aliphatic rings. The van der Waals surface area contributed by atoms with E-state index in [4.69, 9.17) is 4.74 Å². The number of carbonyl (C=O) groups is 1. The molecule has 0 spiro atoms. The molecule has 5 nitrogen and oxygen atoms in total. The molecule has 0 aliphatic carbocycles. The fraction of sp³-hybridized carbons (Fsp3) is 0.158. The van der Waals surface area contributed by atoms with E-state index in [9.17, 15) is 9.90 Å². The molecule has 5 heteroatoms. The molecule has 0 radical (unpaired) electrons. The number of aliphatic hydroxyl groups is 1. The zero-order valence-electron chi connectivity index (χ0n) is 13.4. The summed E-state index contributed by atoms with van der Waals surface area (Å²) in [7, 11) is 0. The smallest absolute Gasteiger partial charge is 0.309 e. The monoisotopic (exact) mass is 320 g/mol. The predicted molar refractivity (Wildman–Crippen MR) is 93.0 cm³/mol. The van der Waals surface area contributed by atoms with Gasteiger partial charge in [0.05, 0.1) is 11.0 Å². The van der Waals surface area contributed by atoms with Crippen molar-refractivity contribution in [1.82, 2.24) is 9.55 Å². The van der Waals surface area contributed by atoms with Crippen molar-refractivity contribution in [2.75, 3.05) is 0 Å². The first kappa shape index (κ1) is 14.7. The van der Waals surface area contributed by atoms with Gasteiger partial charge in [-0.15, -0.1) is 0 Å². The van der Waals surface area contributed by atoms with Gasteiger partial charge in [-0.25, -0.2) is 4.98 Å². The number of hydrogen-bond acceptors (Lipinski definition) is 4. The maximum atomic E-state index is 11.5. The number of pyridine rings is 1. The van der Waals surface area contributed by atoms with Gasteiger partial charge in [-0.1, -0.05) is 36.4 Å². The molecular weight excluding hydrogens is 304 g/mol. The summed E-state index contributed by atoms with van der Waals surface area (Å²) >= 11 is 0. The van der Waals surface area contributed by atoms with E-state index < -0.39 is 12.2 Å². The van der Waals surface area contributed by atoms with E-state index in [0.717, 1.165) is 27.2 Å². The largest absolute Gasteiger partial charge is 0.407 e. The molecular formula is C19H16N2O3. The van der Waals surface area contributed by atoms with Gasteiger partial charge >= 0.3 is 5.97 Å². The summed E-state index contributed by atoms with van der Waals surface area (Å²) in [4.78, 5) is 16.1. The third kappa shape index (κ3) is 2.06. The molecule has 2 heterocycles. The summed E-state index contributed by atoms with van der Waals surface area (Å²) in [5, 5.41) is 12.9. The number of esters is 1. The quantitative estimate of drug-likeness (QED) is 0.571. The number of aliphatic hydroxyl groups excluding tert-OH is 1. The lowest BCUT2D eigenvalue weighted by Crippen LogP contribution is -2.06. The highest BCUT2D eigenvalue weighted by Crippen LogP contribution is 2.37. The maximum absolute atomic E-state index is 11.5. The third-order valence-electron chi connectivity index (χ3n) is 4.12. The van der Waals surface area contributed by atoms with Crippen LogP contribution in [-0.4, -0.2) is 20.6 Å². The van der Waals surface area contributed by atoms with Crippen molar-refractivity contribution in [1.29, 1.82) is 0 Å². The van der Waals surface area contributed by atoms with E-state index in [1.54, 1.807) is 6.92 Å². The molecule has 120 valence electrons. The van der Waals surface area contributed by atoms with Crippen molar-refractivity contribution >= 4 is 38.7 Å². The number of ether oxygens (including phenoxy) is 1. The molecule has 0 bridgehead atoms. The highest BCUT2D eigenvalue weighted by Gasteiger charge is 2.20. The molecule has 4 rings (SSSR count). The number of carbonyl (C=O) groups excluding carboxylic acids is 1. The molecule has 4 aromatic rings. The van der Waals surface area contributed by atoms with Crippen LogP contribution < -0.4 is 4.74 Å². The second kappa shape index (κ2) is 5.32. The number of fused-ring (bicyclic) bond motifs is 5. The van der Waals surface area contributed by atoms with Gasteiger partial charge in [0.2, 0.25) is 5.88 Å². The second-order valence-corrected chi connectivity index (χ2v) is 5.77. The van der Waals surface area contributed by atoms with Crippen LogP contribution in [0.15, 0.2) is 48.5 Å². The van der Waals surface area contributed by atoms with Gasteiger partial charge in [0.25, 0.3) is 0 Å². The summed E-state index contributed by atoms with van der Waals surface area (Å²) < 4.78 is 7.19.